The van der Waals surface area contributed by atoms with Crippen molar-refractivity contribution < 1.29 is 27.8 Å². The van der Waals surface area contributed by atoms with E-state index in [2.05, 4.69) is 5.32 Å². The highest BCUT2D eigenvalue weighted by atomic mass is 35.5. The fraction of sp³-hybridized carbons (Fsp3) is 0.235. The third-order valence-electron chi connectivity index (χ3n) is 7.57. The van der Waals surface area contributed by atoms with Crippen LogP contribution >= 0.6 is 46.4 Å². The number of ether oxygens (including phenoxy) is 2. The van der Waals surface area contributed by atoms with Gasteiger partial charge in [-0.05, 0) is 66.2 Å². The number of sulfone groups is 1. The maximum atomic E-state index is 14.4. The lowest BCUT2D eigenvalue weighted by atomic mass is 9.85. The van der Waals surface area contributed by atoms with Crippen LogP contribution in [0.1, 0.15) is 35.6 Å². The molecule has 246 valence electrons. The Morgan fingerprint density at radius 2 is 1.66 bits per heavy atom. The minimum absolute atomic E-state index is 0.00652. The van der Waals surface area contributed by atoms with Gasteiger partial charge >= 0.3 is 0 Å². The highest BCUT2D eigenvalue weighted by molar-refractivity contribution is 7.91. The van der Waals surface area contributed by atoms with E-state index in [1.54, 1.807) is 72.8 Å². The molecule has 0 radical (unpaired) electrons. The number of aliphatic hydroxyl groups excluding tert-OH is 1. The summed E-state index contributed by atoms with van der Waals surface area (Å²) in [4.78, 5) is 19.4. The number of nitrogens with one attached hydrogen (secondary N) is 1. The van der Waals surface area contributed by atoms with Crippen molar-refractivity contribution in [3.8, 4) is 5.75 Å². The average Bonchev–Trinajstić information content (AvgIpc) is 3.45. The maximum absolute atomic E-state index is 14.4. The second-order valence-electron chi connectivity index (χ2n) is 10.8. The Morgan fingerprint density at radius 3 is 2.34 bits per heavy atom. The van der Waals surface area contributed by atoms with Gasteiger partial charge in [0.1, 0.15) is 5.75 Å². The molecule has 1 aliphatic rings. The number of nitrogens with zero attached hydrogens (tertiary/aromatic N) is 1. The smallest absolute Gasteiger partial charge is 0.252 e. The van der Waals surface area contributed by atoms with Gasteiger partial charge in [0, 0.05) is 47.2 Å². The molecular formula is C34H30Cl4N2O6S. The molecule has 13 heteroatoms. The van der Waals surface area contributed by atoms with Gasteiger partial charge in [-0.15, -0.1) is 0 Å². The van der Waals surface area contributed by atoms with Crippen molar-refractivity contribution in [3.05, 3.63) is 128 Å². The predicted molar refractivity (Wildman–Crippen MR) is 185 cm³/mol. The number of carbonyl (C=O) groups excluding carboxylic acids is 1. The summed E-state index contributed by atoms with van der Waals surface area (Å²) in [6.45, 7) is 0.393. The van der Waals surface area contributed by atoms with Crippen molar-refractivity contribution in [2.24, 2.45) is 4.99 Å². The maximum Gasteiger partial charge on any atom is 0.252 e. The van der Waals surface area contributed by atoms with Gasteiger partial charge < -0.3 is 19.9 Å². The van der Waals surface area contributed by atoms with Gasteiger partial charge in [-0.2, -0.15) is 0 Å². The van der Waals surface area contributed by atoms with E-state index in [1.807, 2.05) is 0 Å². The minimum atomic E-state index is -3.84. The van der Waals surface area contributed by atoms with Crippen molar-refractivity contribution in [2.45, 2.75) is 35.9 Å². The molecule has 0 unspecified atom stereocenters. The van der Waals surface area contributed by atoms with Gasteiger partial charge in [0.05, 0.1) is 27.3 Å². The quantitative estimate of drug-likeness (QED) is 0.138. The monoisotopic (exact) mass is 734 g/mol. The third-order valence-corrected chi connectivity index (χ3v) is 10.6. The summed E-state index contributed by atoms with van der Waals surface area (Å²) in [6.07, 6.45) is -0.887. The van der Waals surface area contributed by atoms with Crippen molar-refractivity contribution in [1.29, 1.82) is 0 Å². The normalized spacial score (nSPS) is 17.6. The number of aliphatic hydroxyl groups is 1. The Morgan fingerprint density at radius 1 is 0.915 bits per heavy atom. The van der Waals surface area contributed by atoms with Gasteiger partial charge in [0.15, 0.2) is 21.5 Å². The lowest BCUT2D eigenvalue weighted by Crippen LogP contribution is -2.49. The van der Waals surface area contributed by atoms with Crippen molar-refractivity contribution >= 4 is 68.0 Å². The Kier molecular flexibility index (Phi) is 11.4. The molecule has 0 fully saturated rings. The molecule has 1 amide bonds. The molecule has 2 atom stereocenters. The van der Waals surface area contributed by atoms with Gasteiger partial charge in [0.2, 0.25) is 5.90 Å². The van der Waals surface area contributed by atoms with E-state index in [0.29, 0.717) is 50.5 Å². The number of carbonyl (C=O) groups is 1. The first kappa shape index (κ1) is 35.0. The zero-order valence-electron chi connectivity index (χ0n) is 24.8. The molecule has 0 spiro atoms. The van der Waals surface area contributed by atoms with Crippen molar-refractivity contribution in [1.82, 2.24) is 5.32 Å². The molecule has 1 aliphatic heterocycles. The van der Waals surface area contributed by atoms with Crippen molar-refractivity contribution in [2.75, 3.05) is 19.0 Å². The van der Waals surface area contributed by atoms with Crippen molar-refractivity contribution in [3.63, 3.8) is 0 Å². The average molecular weight is 737 g/mol. The van der Waals surface area contributed by atoms with Crippen LogP contribution in [0.5, 0.6) is 5.75 Å². The highest BCUT2D eigenvalue weighted by Crippen LogP contribution is 2.45. The summed E-state index contributed by atoms with van der Waals surface area (Å²) in [5.41, 5.74) is -0.178. The number of amides is 1. The lowest BCUT2D eigenvalue weighted by Gasteiger charge is -2.31. The highest BCUT2D eigenvalue weighted by Gasteiger charge is 2.54. The molecule has 2 N–H and O–H groups in total. The Balaban J connectivity index is 1.57. The first-order valence-electron chi connectivity index (χ1n) is 14.6. The van der Waals surface area contributed by atoms with E-state index in [1.165, 1.54) is 18.2 Å². The van der Waals surface area contributed by atoms with Gasteiger partial charge in [-0.25, -0.2) is 13.4 Å². The van der Waals surface area contributed by atoms with Crippen LogP contribution in [0.2, 0.25) is 20.1 Å². The number of benzene rings is 4. The molecule has 0 saturated carbocycles. The molecule has 0 saturated heterocycles. The molecule has 4 aromatic carbocycles. The molecule has 8 nitrogen and oxygen atoms in total. The Bertz CT molecular complexity index is 1870. The largest absolute Gasteiger partial charge is 0.494 e. The summed E-state index contributed by atoms with van der Waals surface area (Å²) in [6, 6.07) is 24.6. The lowest BCUT2D eigenvalue weighted by molar-refractivity contribution is -0.129. The number of aliphatic imine (C=N–C) groups is 1. The molecule has 47 heavy (non-hydrogen) atoms. The van der Waals surface area contributed by atoms with E-state index < -0.39 is 33.1 Å². The van der Waals surface area contributed by atoms with Crippen LogP contribution in [0, 0.1) is 0 Å². The van der Waals surface area contributed by atoms with E-state index in [4.69, 9.17) is 66.0 Å². The zero-order chi connectivity index (χ0) is 33.6. The fourth-order valence-electron chi connectivity index (χ4n) is 5.08. The second-order valence-corrected chi connectivity index (χ2v) is 14.5. The van der Waals surface area contributed by atoms with Crippen LogP contribution < -0.4 is 10.1 Å². The summed E-state index contributed by atoms with van der Waals surface area (Å²) < 4.78 is 39.2. The molecule has 0 aliphatic carbocycles. The third kappa shape index (κ3) is 8.23. The zero-order valence-corrected chi connectivity index (χ0v) is 28.7. The number of halogens is 4. The molecule has 4 aromatic rings. The Labute approximate surface area is 293 Å². The molecular weight excluding hydrogens is 706 g/mol. The van der Waals surface area contributed by atoms with Gasteiger partial charge in [-0.1, -0.05) is 76.7 Å². The van der Waals surface area contributed by atoms with E-state index in [9.17, 15) is 13.2 Å². The van der Waals surface area contributed by atoms with E-state index in [-0.39, 0.29) is 35.4 Å². The van der Waals surface area contributed by atoms with Crippen LogP contribution in [-0.4, -0.2) is 49.8 Å². The van der Waals surface area contributed by atoms with E-state index >= 15 is 0 Å². The van der Waals surface area contributed by atoms with Gasteiger partial charge in [-0.3, -0.25) is 4.79 Å². The standard InChI is InChI=1S/C34H30Cl4N2O6S/c35-24-10-13-27(29(37)20-24)31-34(15-18-47(43,44)26-5-2-1-3-6-26,33(42)39-21-22-7-14-28(36)30(38)19-22)40-32(46-31)23-8-11-25(12-9-23)45-17-4-16-41/h1-3,5-14,19-20,31,41H,4,15-18,21H2,(H,39,42)/t31-,34-/m1/s1. The molecule has 0 bridgehead atoms. The summed E-state index contributed by atoms with van der Waals surface area (Å²) in [7, 11) is -3.84. The summed E-state index contributed by atoms with van der Waals surface area (Å²) in [5.74, 6) is -0.319. The minimum Gasteiger partial charge on any atom is -0.494 e. The van der Waals surface area contributed by atoms with Crippen LogP contribution in [0.15, 0.2) is 101 Å². The van der Waals surface area contributed by atoms with Gasteiger partial charge in [0.25, 0.3) is 5.91 Å². The number of hydrogen-bond donors (Lipinski definition) is 2. The summed E-state index contributed by atoms with van der Waals surface area (Å²) >= 11 is 25.2. The van der Waals surface area contributed by atoms with Crippen LogP contribution in [0.25, 0.3) is 0 Å². The van der Waals surface area contributed by atoms with E-state index in [0.717, 1.165) is 0 Å². The number of rotatable bonds is 13. The van der Waals surface area contributed by atoms with Crippen LogP contribution in [0.3, 0.4) is 0 Å². The predicted octanol–water partition coefficient (Wildman–Crippen LogP) is 7.50. The molecule has 5 rings (SSSR count). The Hall–Kier alpha value is -3.31. The summed E-state index contributed by atoms with van der Waals surface area (Å²) in [5, 5.41) is 13.2. The molecule has 0 aromatic heterocycles. The topological polar surface area (TPSA) is 114 Å². The SMILES string of the molecule is O=C(NCc1ccc(Cl)c(Cl)c1)[C@]1(CCS(=O)(=O)c2ccccc2)N=C(c2ccc(OCCCO)cc2)O[C@@H]1c1ccc(Cl)cc1Cl. The van der Waals surface area contributed by atoms with Crippen LogP contribution in [0.4, 0.5) is 0 Å². The first-order valence-corrected chi connectivity index (χ1v) is 17.7. The number of hydrogen-bond acceptors (Lipinski definition) is 7. The fourth-order valence-corrected chi connectivity index (χ4v) is 7.30. The second kappa shape index (κ2) is 15.3. The van der Waals surface area contributed by atoms with Crippen LogP contribution in [-0.2, 0) is 25.9 Å². The first-order chi connectivity index (χ1) is 22.5. The molecule has 1 heterocycles.